The quantitative estimate of drug-likeness (QED) is 0.331. The smallest absolute Gasteiger partial charge is 0.398 e. The number of hydrogen-bond acceptors (Lipinski definition) is 3. The van der Waals surface area contributed by atoms with Crippen molar-refractivity contribution in [1.82, 2.24) is 5.43 Å². The van der Waals surface area contributed by atoms with Crippen molar-refractivity contribution in [2.24, 2.45) is 5.84 Å². The van der Waals surface area contributed by atoms with Crippen LogP contribution in [-0.2, 0) is 6.18 Å². The largest absolute Gasteiger partial charge is 0.416 e. The third kappa shape index (κ3) is 2.98. The van der Waals surface area contributed by atoms with E-state index in [0.29, 0.717) is 5.57 Å². The third-order valence-electron chi connectivity index (χ3n) is 2.38. The summed E-state index contributed by atoms with van der Waals surface area (Å²) < 4.78 is 37.7. The Bertz CT molecular complexity index is 426. The van der Waals surface area contributed by atoms with Crippen LogP contribution in [0.5, 0.6) is 0 Å². The molecule has 0 aliphatic heterocycles. The van der Waals surface area contributed by atoms with E-state index in [4.69, 9.17) is 11.6 Å². The zero-order chi connectivity index (χ0) is 13.2. The van der Waals surface area contributed by atoms with Gasteiger partial charge in [0.1, 0.15) is 0 Å². The van der Waals surface area contributed by atoms with Gasteiger partial charge in [-0.25, -0.2) is 5.43 Å². The second kappa shape index (κ2) is 4.77. The molecule has 1 rings (SSSR count). The molecule has 0 radical (unpaired) electrons. The van der Waals surface area contributed by atoms with E-state index < -0.39 is 17.8 Å². The van der Waals surface area contributed by atoms with Gasteiger partial charge in [-0.2, -0.15) is 13.2 Å². The Labute approximate surface area is 97.3 Å². The topological polar surface area (TPSA) is 64.1 Å². The van der Waals surface area contributed by atoms with E-state index in [0.717, 1.165) is 12.1 Å². The van der Waals surface area contributed by atoms with Gasteiger partial charge in [0.25, 0.3) is 0 Å². The minimum atomic E-state index is -4.41. The van der Waals surface area contributed by atoms with Gasteiger partial charge in [-0.15, -0.1) is 0 Å². The number of nitrogens with one attached hydrogen (secondary N) is 1. The van der Waals surface area contributed by atoms with Crippen molar-refractivity contribution in [3.63, 3.8) is 0 Å². The van der Waals surface area contributed by atoms with Crippen molar-refractivity contribution < 1.29 is 13.2 Å². The number of benzene rings is 1. The highest BCUT2D eigenvalue weighted by atomic mass is 19.4. The Kier molecular flexibility index (Phi) is 3.79. The van der Waals surface area contributed by atoms with Crippen LogP contribution in [0, 0.1) is 0 Å². The van der Waals surface area contributed by atoms with Crippen molar-refractivity contribution in [2.75, 3.05) is 5.73 Å². The highest BCUT2D eigenvalue weighted by Crippen LogP contribution is 2.34. The molecule has 0 fully saturated rings. The molecule has 0 heterocycles. The van der Waals surface area contributed by atoms with Gasteiger partial charge in [-0.1, -0.05) is 12.2 Å². The average Bonchev–Trinajstić information content (AvgIpc) is 2.19. The number of nitrogen functional groups attached to an aromatic ring is 1. The molecule has 6 heteroatoms. The molecule has 1 unspecified atom stereocenters. The van der Waals surface area contributed by atoms with Crippen molar-refractivity contribution >= 4 is 5.69 Å². The molecule has 1 aromatic carbocycles. The summed E-state index contributed by atoms with van der Waals surface area (Å²) in [5.41, 5.74) is 8.37. The minimum Gasteiger partial charge on any atom is -0.398 e. The fraction of sp³-hybridized carbons (Fsp3) is 0.273. The van der Waals surface area contributed by atoms with Gasteiger partial charge in [0.15, 0.2) is 0 Å². The molecule has 0 spiro atoms. The lowest BCUT2D eigenvalue weighted by molar-refractivity contribution is -0.137. The summed E-state index contributed by atoms with van der Waals surface area (Å²) in [6.45, 7) is 5.31. The average molecular weight is 245 g/mol. The van der Waals surface area contributed by atoms with E-state index in [1.807, 2.05) is 0 Å². The van der Waals surface area contributed by atoms with Gasteiger partial charge in [0.2, 0.25) is 0 Å². The molecule has 0 aliphatic carbocycles. The molecule has 17 heavy (non-hydrogen) atoms. The molecule has 0 aromatic heterocycles. The van der Waals surface area contributed by atoms with Gasteiger partial charge >= 0.3 is 6.18 Å². The van der Waals surface area contributed by atoms with Crippen LogP contribution in [0.3, 0.4) is 0 Å². The van der Waals surface area contributed by atoms with Crippen LogP contribution in [0.15, 0.2) is 30.4 Å². The predicted molar refractivity (Wildman–Crippen MR) is 60.7 cm³/mol. The van der Waals surface area contributed by atoms with Crippen LogP contribution in [0.2, 0.25) is 0 Å². The van der Waals surface area contributed by atoms with Gasteiger partial charge in [0, 0.05) is 5.69 Å². The monoisotopic (exact) mass is 245 g/mol. The van der Waals surface area contributed by atoms with E-state index in [2.05, 4.69) is 12.0 Å². The van der Waals surface area contributed by atoms with E-state index in [9.17, 15) is 13.2 Å². The Morgan fingerprint density at radius 3 is 2.41 bits per heavy atom. The molecule has 0 saturated carbocycles. The molecule has 1 aromatic rings. The zero-order valence-corrected chi connectivity index (χ0v) is 9.31. The molecule has 0 amide bonds. The molecule has 1 atom stereocenters. The maximum absolute atomic E-state index is 12.6. The summed E-state index contributed by atoms with van der Waals surface area (Å²) >= 11 is 0. The first-order valence-corrected chi connectivity index (χ1v) is 4.85. The molecule has 5 N–H and O–H groups in total. The molecule has 94 valence electrons. The number of nitrogens with two attached hydrogens (primary N) is 2. The fourth-order valence-electron chi connectivity index (χ4n) is 1.50. The van der Waals surface area contributed by atoms with Crippen LogP contribution < -0.4 is 17.0 Å². The molecule has 0 bridgehead atoms. The van der Waals surface area contributed by atoms with Gasteiger partial charge in [-0.05, 0) is 30.7 Å². The van der Waals surface area contributed by atoms with E-state index >= 15 is 0 Å². The van der Waals surface area contributed by atoms with Gasteiger partial charge in [0.05, 0.1) is 11.6 Å². The fourth-order valence-corrected chi connectivity index (χ4v) is 1.50. The Morgan fingerprint density at radius 2 is 2.00 bits per heavy atom. The molecular formula is C11H14F3N3. The first-order chi connectivity index (χ1) is 7.77. The highest BCUT2D eigenvalue weighted by Gasteiger charge is 2.31. The third-order valence-corrected chi connectivity index (χ3v) is 2.38. The van der Waals surface area contributed by atoms with Crippen LogP contribution >= 0.6 is 0 Å². The molecular weight excluding hydrogens is 231 g/mol. The predicted octanol–water partition coefficient (Wildman–Crippen LogP) is 2.37. The van der Waals surface area contributed by atoms with E-state index in [1.54, 1.807) is 6.92 Å². The Morgan fingerprint density at radius 1 is 1.41 bits per heavy atom. The van der Waals surface area contributed by atoms with Crippen LogP contribution in [0.25, 0.3) is 0 Å². The number of anilines is 1. The van der Waals surface area contributed by atoms with Crippen molar-refractivity contribution in [2.45, 2.75) is 19.1 Å². The van der Waals surface area contributed by atoms with E-state index in [-0.39, 0.29) is 11.3 Å². The maximum Gasteiger partial charge on any atom is 0.416 e. The SMILES string of the molecule is C=C(C)C(NN)c1cc(C(F)(F)F)ccc1N. The number of hydrazine groups is 1. The number of rotatable bonds is 3. The zero-order valence-electron chi connectivity index (χ0n) is 9.31. The maximum atomic E-state index is 12.6. The molecule has 3 nitrogen and oxygen atoms in total. The summed E-state index contributed by atoms with van der Waals surface area (Å²) in [6.07, 6.45) is -4.41. The molecule has 0 aliphatic rings. The standard InChI is InChI=1S/C11H14F3N3/c1-6(2)10(17-16)8-5-7(11(12,13)14)3-4-9(8)15/h3-5,10,17H,1,15-16H2,2H3. The van der Waals surface area contributed by atoms with Crippen LogP contribution in [-0.4, -0.2) is 0 Å². The summed E-state index contributed by atoms with van der Waals surface area (Å²) in [5, 5.41) is 0. The Hall–Kier alpha value is -1.53. The van der Waals surface area contributed by atoms with Gasteiger partial charge in [-0.3, -0.25) is 5.84 Å². The first-order valence-electron chi connectivity index (χ1n) is 4.85. The second-order valence-electron chi connectivity index (χ2n) is 3.79. The minimum absolute atomic E-state index is 0.240. The number of alkyl halides is 3. The summed E-state index contributed by atoms with van der Waals surface area (Å²) in [4.78, 5) is 0. The second-order valence-corrected chi connectivity index (χ2v) is 3.79. The summed E-state index contributed by atoms with van der Waals surface area (Å²) in [5.74, 6) is 5.29. The van der Waals surface area contributed by atoms with E-state index in [1.165, 1.54) is 6.07 Å². The lowest BCUT2D eigenvalue weighted by Gasteiger charge is -2.20. The highest BCUT2D eigenvalue weighted by molar-refractivity contribution is 5.52. The lowest BCUT2D eigenvalue weighted by Crippen LogP contribution is -2.29. The Balaban J connectivity index is 3.28. The van der Waals surface area contributed by atoms with Crippen LogP contribution in [0.1, 0.15) is 24.1 Å². The van der Waals surface area contributed by atoms with Crippen molar-refractivity contribution in [3.8, 4) is 0 Å². The number of hydrogen-bond donors (Lipinski definition) is 3. The van der Waals surface area contributed by atoms with Crippen molar-refractivity contribution in [3.05, 3.63) is 41.5 Å². The van der Waals surface area contributed by atoms with Crippen LogP contribution in [0.4, 0.5) is 18.9 Å². The molecule has 0 saturated heterocycles. The summed E-state index contributed by atoms with van der Waals surface area (Å²) in [6, 6.07) is 2.53. The lowest BCUT2D eigenvalue weighted by atomic mass is 9.97. The first kappa shape index (κ1) is 13.5. The normalized spacial score (nSPS) is 13.5. The van der Waals surface area contributed by atoms with Crippen molar-refractivity contribution in [1.29, 1.82) is 0 Å². The summed E-state index contributed by atoms with van der Waals surface area (Å²) in [7, 11) is 0. The number of halogens is 3. The van der Waals surface area contributed by atoms with Gasteiger partial charge < -0.3 is 5.73 Å².